The fourth-order valence-electron chi connectivity index (χ4n) is 4.07. The molecular formula is C27H25ClN2O3. The van der Waals surface area contributed by atoms with Gasteiger partial charge in [-0.15, -0.1) is 0 Å². The van der Waals surface area contributed by atoms with Gasteiger partial charge in [-0.1, -0.05) is 41.9 Å². The van der Waals surface area contributed by atoms with Gasteiger partial charge in [0.2, 0.25) is 5.91 Å². The van der Waals surface area contributed by atoms with Gasteiger partial charge in [-0.2, -0.15) is 0 Å². The molecule has 3 aromatic carbocycles. The largest absolute Gasteiger partial charge is 0.497 e. The molecule has 1 N–H and O–H groups in total. The fraction of sp³-hybridized carbons (Fsp3) is 0.185. The molecule has 33 heavy (non-hydrogen) atoms. The molecule has 4 rings (SSSR count). The molecule has 0 saturated carbocycles. The Morgan fingerprint density at radius 3 is 2.39 bits per heavy atom. The van der Waals surface area contributed by atoms with Crippen LogP contribution in [0.5, 0.6) is 5.75 Å². The fourth-order valence-corrected chi connectivity index (χ4v) is 4.20. The summed E-state index contributed by atoms with van der Waals surface area (Å²) in [7, 11) is 1.60. The minimum absolute atomic E-state index is 0.115. The number of rotatable bonds is 6. The van der Waals surface area contributed by atoms with Crippen LogP contribution in [0.4, 0.5) is 0 Å². The molecule has 6 heteroatoms. The first kappa shape index (κ1) is 22.6. The second kappa shape index (κ2) is 9.51. The lowest BCUT2D eigenvalue weighted by molar-refractivity contribution is -0.121. The zero-order valence-electron chi connectivity index (χ0n) is 18.8. The highest BCUT2D eigenvalue weighted by Gasteiger charge is 2.22. The first-order chi connectivity index (χ1) is 15.9. The Labute approximate surface area is 197 Å². The van der Waals surface area contributed by atoms with Gasteiger partial charge in [0, 0.05) is 21.7 Å². The highest BCUT2D eigenvalue weighted by Crippen LogP contribution is 2.31. The molecule has 0 fully saturated rings. The Bertz CT molecular complexity index is 1310. The molecule has 4 aromatic rings. The van der Waals surface area contributed by atoms with Crippen molar-refractivity contribution >= 4 is 34.3 Å². The van der Waals surface area contributed by atoms with Crippen LogP contribution in [0.15, 0.2) is 72.8 Å². The van der Waals surface area contributed by atoms with E-state index >= 15 is 0 Å². The van der Waals surface area contributed by atoms with E-state index in [1.807, 2.05) is 62.4 Å². The summed E-state index contributed by atoms with van der Waals surface area (Å²) in [5.74, 6) is 0.372. The maximum atomic E-state index is 13.4. The third kappa shape index (κ3) is 4.64. The van der Waals surface area contributed by atoms with E-state index in [9.17, 15) is 9.59 Å². The van der Waals surface area contributed by atoms with Crippen LogP contribution in [-0.4, -0.2) is 23.5 Å². The number of carbonyl (C=O) groups is 2. The molecule has 1 amide bonds. The van der Waals surface area contributed by atoms with E-state index in [1.165, 1.54) is 0 Å². The number of ether oxygens (including phenoxy) is 1. The van der Waals surface area contributed by atoms with Crippen molar-refractivity contribution in [2.24, 2.45) is 0 Å². The van der Waals surface area contributed by atoms with Gasteiger partial charge in [0.15, 0.2) is 0 Å². The van der Waals surface area contributed by atoms with Crippen molar-refractivity contribution in [3.8, 4) is 5.75 Å². The van der Waals surface area contributed by atoms with Gasteiger partial charge in [-0.25, -0.2) is 0 Å². The SMILES string of the molecule is COc1ccc2c(c1)c(CC(=O)N[C@H](C)c1ccccc1)c(C)n2C(=O)c1ccc(Cl)cc1. The van der Waals surface area contributed by atoms with E-state index in [0.29, 0.717) is 16.3 Å². The summed E-state index contributed by atoms with van der Waals surface area (Å²) in [5.41, 5.74) is 3.80. The number of carbonyl (C=O) groups excluding carboxylic acids is 2. The van der Waals surface area contributed by atoms with Crippen molar-refractivity contribution in [3.05, 3.63) is 100 Å². The number of aromatic nitrogens is 1. The van der Waals surface area contributed by atoms with Crippen LogP contribution in [-0.2, 0) is 11.2 Å². The first-order valence-corrected chi connectivity index (χ1v) is 11.1. The van der Waals surface area contributed by atoms with E-state index in [4.69, 9.17) is 16.3 Å². The summed E-state index contributed by atoms with van der Waals surface area (Å²) in [6, 6.07) is 22.0. The molecule has 0 bridgehead atoms. The van der Waals surface area contributed by atoms with Gasteiger partial charge in [-0.3, -0.25) is 14.2 Å². The van der Waals surface area contributed by atoms with Gasteiger partial charge in [0.25, 0.3) is 5.91 Å². The van der Waals surface area contributed by atoms with E-state index < -0.39 is 0 Å². The molecule has 0 aliphatic rings. The lowest BCUT2D eigenvalue weighted by Crippen LogP contribution is -2.28. The monoisotopic (exact) mass is 460 g/mol. The average Bonchev–Trinajstić information content (AvgIpc) is 3.10. The molecule has 0 saturated heterocycles. The zero-order valence-corrected chi connectivity index (χ0v) is 19.5. The first-order valence-electron chi connectivity index (χ1n) is 10.7. The summed E-state index contributed by atoms with van der Waals surface area (Å²) >= 11 is 5.99. The number of methoxy groups -OCH3 is 1. The summed E-state index contributed by atoms with van der Waals surface area (Å²) in [4.78, 5) is 26.4. The smallest absolute Gasteiger partial charge is 0.262 e. The minimum Gasteiger partial charge on any atom is -0.497 e. The molecule has 5 nitrogen and oxygen atoms in total. The number of hydrogen-bond donors (Lipinski definition) is 1. The van der Waals surface area contributed by atoms with Gasteiger partial charge in [0.1, 0.15) is 5.75 Å². The van der Waals surface area contributed by atoms with E-state index in [1.54, 1.807) is 35.9 Å². The number of hydrogen-bond acceptors (Lipinski definition) is 3. The quantitative estimate of drug-likeness (QED) is 0.400. The number of amides is 1. The standard InChI is InChI=1S/C27H25ClN2O3/c1-17(19-7-5-4-6-8-19)29-26(31)16-23-18(2)30(25-14-13-22(33-3)15-24(23)25)27(32)20-9-11-21(28)12-10-20/h4-15,17H,16H2,1-3H3,(H,29,31)/t17-/m1/s1. The number of nitrogens with zero attached hydrogens (tertiary/aromatic N) is 1. The predicted molar refractivity (Wildman–Crippen MR) is 131 cm³/mol. The van der Waals surface area contributed by atoms with Gasteiger partial charge in [-0.05, 0) is 67.4 Å². The van der Waals surface area contributed by atoms with Crippen LogP contribution in [0.1, 0.15) is 40.1 Å². The lowest BCUT2D eigenvalue weighted by atomic mass is 10.1. The van der Waals surface area contributed by atoms with Crippen molar-refractivity contribution < 1.29 is 14.3 Å². The van der Waals surface area contributed by atoms with Gasteiger partial charge >= 0.3 is 0 Å². The minimum atomic E-state index is -0.177. The number of benzene rings is 3. The summed E-state index contributed by atoms with van der Waals surface area (Å²) in [6.45, 7) is 3.82. The lowest BCUT2D eigenvalue weighted by Gasteiger charge is -2.14. The van der Waals surface area contributed by atoms with Crippen LogP contribution in [0.3, 0.4) is 0 Å². The Balaban J connectivity index is 1.71. The number of fused-ring (bicyclic) bond motifs is 1. The molecule has 1 aromatic heterocycles. The number of halogens is 1. The maximum Gasteiger partial charge on any atom is 0.262 e. The molecular weight excluding hydrogens is 436 g/mol. The topological polar surface area (TPSA) is 60.3 Å². The third-order valence-corrected chi connectivity index (χ3v) is 6.10. The molecule has 168 valence electrons. The Morgan fingerprint density at radius 2 is 1.73 bits per heavy atom. The highest BCUT2D eigenvalue weighted by atomic mass is 35.5. The van der Waals surface area contributed by atoms with Crippen LogP contribution in [0, 0.1) is 6.92 Å². The van der Waals surface area contributed by atoms with E-state index in [0.717, 1.165) is 27.7 Å². The summed E-state index contributed by atoms with van der Waals surface area (Å²) in [6.07, 6.45) is 0.146. The van der Waals surface area contributed by atoms with Crippen molar-refractivity contribution in [1.29, 1.82) is 0 Å². The van der Waals surface area contributed by atoms with Crippen molar-refractivity contribution in [3.63, 3.8) is 0 Å². The summed E-state index contributed by atoms with van der Waals surface area (Å²) in [5, 5.41) is 4.44. The molecule has 0 aliphatic carbocycles. The number of nitrogens with one attached hydrogen (secondary N) is 1. The molecule has 0 unspecified atom stereocenters. The maximum absolute atomic E-state index is 13.4. The second-order valence-electron chi connectivity index (χ2n) is 7.97. The van der Waals surface area contributed by atoms with Crippen molar-refractivity contribution in [2.45, 2.75) is 26.3 Å². The molecule has 1 heterocycles. The highest BCUT2D eigenvalue weighted by molar-refractivity contribution is 6.30. The normalized spacial score (nSPS) is 11.9. The Morgan fingerprint density at radius 1 is 1.03 bits per heavy atom. The van der Waals surface area contributed by atoms with Crippen LogP contribution in [0.25, 0.3) is 10.9 Å². The van der Waals surface area contributed by atoms with Crippen molar-refractivity contribution in [2.75, 3.05) is 7.11 Å². The predicted octanol–water partition coefficient (Wildman–Crippen LogP) is 5.72. The van der Waals surface area contributed by atoms with Gasteiger partial charge < -0.3 is 10.1 Å². The molecule has 0 radical (unpaired) electrons. The summed E-state index contributed by atoms with van der Waals surface area (Å²) < 4.78 is 7.06. The van der Waals surface area contributed by atoms with E-state index in [2.05, 4.69) is 5.32 Å². The zero-order chi connectivity index (χ0) is 23.5. The van der Waals surface area contributed by atoms with Crippen molar-refractivity contribution in [1.82, 2.24) is 9.88 Å². The molecule has 1 atom stereocenters. The Hall–Kier alpha value is -3.57. The Kier molecular flexibility index (Phi) is 6.52. The third-order valence-electron chi connectivity index (χ3n) is 5.85. The molecule has 0 spiro atoms. The average molecular weight is 461 g/mol. The molecule has 0 aliphatic heterocycles. The van der Waals surface area contributed by atoms with Gasteiger partial charge in [0.05, 0.1) is 25.1 Å². The van der Waals surface area contributed by atoms with Crippen LogP contribution >= 0.6 is 11.6 Å². The van der Waals surface area contributed by atoms with Crippen LogP contribution < -0.4 is 10.1 Å². The van der Waals surface area contributed by atoms with Crippen LogP contribution in [0.2, 0.25) is 5.02 Å². The second-order valence-corrected chi connectivity index (χ2v) is 8.41. The van der Waals surface area contributed by atoms with E-state index in [-0.39, 0.29) is 24.3 Å².